The van der Waals surface area contributed by atoms with E-state index in [-0.39, 0.29) is 12.6 Å². The molecule has 6 heteroatoms. The van der Waals surface area contributed by atoms with Crippen LogP contribution in [0.3, 0.4) is 0 Å². The summed E-state index contributed by atoms with van der Waals surface area (Å²) in [5.41, 5.74) is 3.57. The van der Waals surface area contributed by atoms with Crippen molar-refractivity contribution in [1.29, 1.82) is 0 Å². The van der Waals surface area contributed by atoms with Crippen LogP contribution in [0.1, 0.15) is 34.1 Å². The van der Waals surface area contributed by atoms with E-state index < -0.39 is 0 Å². The van der Waals surface area contributed by atoms with Gasteiger partial charge in [-0.1, -0.05) is 41.9 Å². The summed E-state index contributed by atoms with van der Waals surface area (Å²) in [6.45, 7) is 5.48. The number of rotatable bonds is 5. The van der Waals surface area contributed by atoms with E-state index in [1.165, 1.54) is 6.38 Å². The number of nitrogens with one attached hydrogen (secondary N) is 1. The fourth-order valence-corrected chi connectivity index (χ4v) is 2.30. The number of benzene rings is 2. The van der Waals surface area contributed by atoms with Crippen LogP contribution in [0.5, 0.6) is 0 Å². The number of halogens is 2. The van der Waals surface area contributed by atoms with Crippen molar-refractivity contribution >= 4 is 29.2 Å². The number of aromatic amines is 1. The zero-order valence-corrected chi connectivity index (χ0v) is 17.5. The van der Waals surface area contributed by atoms with Crippen LogP contribution in [0.15, 0.2) is 73.7 Å². The van der Waals surface area contributed by atoms with Crippen LogP contribution in [-0.2, 0) is 17.8 Å². The minimum Gasteiger partial charge on any atom is -0.457 e. The second-order valence-electron chi connectivity index (χ2n) is 5.56. The number of ether oxygens (including phenoxy) is 1. The number of imidazole rings is 1. The van der Waals surface area contributed by atoms with Crippen molar-refractivity contribution in [3.8, 4) is 0 Å². The first-order chi connectivity index (χ1) is 13.6. The largest absolute Gasteiger partial charge is 0.457 e. The molecule has 0 amide bonds. The normalized spacial score (nSPS) is 9.29. The van der Waals surface area contributed by atoms with E-state index in [1.54, 1.807) is 42.9 Å². The Morgan fingerprint density at radius 1 is 1.11 bits per heavy atom. The molecule has 0 aliphatic heterocycles. The van der Waals surface area contributed by atoms with E-state index in [4.69, 9.17) is 16.3 Å². The zero-order valence-electron chi connectivity index (χ0n) is 16.0. The van der Waals surface area contributed by atoms with Gasteiger partial charge in [0.1, 0.15) is 6.61 Å². The first kappa shape index (κ1) is 23.5. The van der Waals surface area contributed by atoms with Gasteiger partial charge in [0.2, 0.25) is 0 Å². The molecule has 3 rings (SSSR count). The molecule has 28 heavy (non-hydrogen) atoms. The monoisotopic (exact) mass is 418 g/mol. The van der Waals surface area contributed by atoms with Crippen LogP contribution in [0.4, 0.5) is 0 Å². The molecule has 0 atom stereocenters. The quantitative estimate of drug-likeness (QED) is 0.311. The van der Waals surface area contributed by atoms with Crippen LogP contribution in [-0.4, -0.2) is 22.3 Å². The highest BCUT2D eigenvalue weighted by atomic mass is 35.5. The number of alkyl halides is 1. The van der Waals surface area contributed by atoms with E-state index in [2.05, 4.69) is 28.1 Å². The van der Waals surface area contributed by atoms with Crippen molar-refractivity contribution in [2.45, 2.75) is 20.0 Å². The summed E-state index contributed by atoms with van der Waals surface area (Å²) in [5.74, 6) is -0.340. The third-order valence-electron chi connectivity index (χ3n) is 3.42. The van der Waals surface area contributed by atoms with E-state index in [0.717, 1.165) is 23.2 Å². The Bertz CT molecular complexity index is 815. The molecule has 0 fully saturated rings. The van der Waals surface area contributed by atoms with E-state index in [0.29, 0.717) is 10.6 Å². The lowest BCUT2D eigenvalue weighted by Gasteiger charge is -2.06. The molecule has 0 aliphatic rings. The van der Waals surface area contributed by atoms with Crippen LogP contribution in [0.2, 0.25) is 5.02 Å². The maximum Gasteiger partial charge on any atom is 0.338 e. The van der Waals surface area contributed by atoms with E-state index >= 15 is 0 Å². The number of allylic oxidation sites excluding steroid dienone is 1. The molecular weight excluding hydrogens is 395 g/mol. The molecular formula is C22H24Cl2N2O2. The number of aromatic nitrogens is 2. The zero-order chi connectivity index (χ0) is 20.8. The van der Waals surface area contributed by atoms with Gasteiger partial charge in [0, 0.05) is 29.7 Å². The lowest BCUT2D eigenvalue weighted by atomic mass is 10.1. The SMILES string of the molecule is C=CC.CCl.O=C(OCc1ccc(Cl)cc1)c1ccc(Cc2cnc[nH]2)cc1. The number of hydrogen-bond donors (Lipinski definition) is 1. The molecule has 2 aromatic carbocycles. The topological polar surface area (TPSA) is 55.0 Å². The maximum absolute atomic E-state index is 12.0. The number of esters is 1. The molecule has 1 N–H and O–H groups in total. The average Bonchev–Trinajstić information content (AvgIpc) is 3.23. The van der Waals surface area contributed by atoms with E-state index in [9.17, 15) is 4.79 Å². The molecule has 1 heterocycles. The van der Waals surface area contributed by atoms with Crippen LogP contribution < -0.4 is 0 Å². The van der Waals surface area contributed by atoms with Gasteiger partial charge < -0.3 is 9.72 Å². The molecule has 0 saturated heterocycles. The predicted molar refractivity (Wildman–Crippen MR) is 116 cm³/mol. The van der Waals surface area contributed by atoms with Gasteiger partial charge in [-0.15, -0.1) is 18.2 Å². The Hall–Kier alpha value is -2.56. The van der Waals surface area contributed by atoms with Gasteiger partial charge in [-0.2, -0.15) is 0 Å². The molecule has 0 spiro atoms. The summed E-state index contributed by atoms with van der Waals surface area (Å²) in [5, 5.41) is 0.660. The Morgan fingerprint density at radius 3 is 2.21 bits per heavy atom. The summed E-state index contributed by atoms with van der Waals surface area (Å²) in [4.78, 5) is 19.1. The Kier molecular flexibility index (Phi) is 11.4. The first-order valence-corrected chi connectivity index (χ1v) is 9.68. The summed E-state index contributed by atoms with van der Waals surface area (Å²) in [6, 6.07) is 14.6. The molecule has 0 radical (unpaired) electrons. The van der Waals surface area contributed by atoms with Gasteiger partial charge in [0.15, 0.2) is 0 Å². The number of carbonyl (C=O) groups excluding carboxylic acids is 1. The standard InChI is InChI=1S/C18H15ClN2O2.C3H6.CH3Cl/c19-16-7-3-14(4-8-16)11-23-18(22)15-5-1-13(2-6-15)9-17-10-20-12-21-17;1-3-2;1-2/h1-8,10,12H,9,11H2,(H,20,21);3H,1H2,2H3;1H3. The summed E-state index contributed by atoms with van der Waals surface area (Å²) >= 11 is 10.5. The van der Waals surface area contributed by atoms with Crippen molar-refractivity contribution in [3.63, 3.8) is 0 Å². The van der Waals surface area contributed by atoms with Crippen LogP contribution >= 0.6 is 23.2 Å². The fraction of sp³-hybridized carbons (Fsp3) is 0.182. The minimum atomic E-state index is -0.340. The second kappa shape index (κ2) is 13.6. The van der Waals surface area contributed by atoms with Gasteiger partial charge in [-0.3, -0.25) is 0 Å². The summed E-state index contributed by atoms with van der Waals surface area (Å²) in [7, 11) is 0. The maximum atomic E-state index is 12.0. The third-order valence-corrected chi connectivity index (χ3v) is 3.67. The summed E-state index contributed by atoms with van der Waals surface area (Å²) < 4.78 is 5.30. The molecule has 148 valence electrons. The summed E-state index contributed by atoms with van der Waals surface area (Å²) in [6.07, 6.45) is 7.41. The molecule has 3 aromatic rings. The smallest absolute Gasteiger partial charge is 0.338 e. The molecule has 4 nitrogen and oxygen atoms in total. The molecule has 0 aliphatic carbocycles. The minimum absolute atomic E-state index is 0.228. The van der Waals surface area contributed by atoms with Gasteiger partial charge in [0.05, 0.1) is 11.9 Å². The average molecular weight is 419 g/mol. The Balaban J connectivity index is 0.000000717. The van der Waals surface area contributed by atoms with Gasteiger partial charge in [-0.05, 0) is 42.3 Å². The van der Waals surface area contributed by atoms with Gasteiger partial charge in [-0.25, -0.2) is 9.78 Å². The lowest BCUT2D eigenvalue weighted by molar-refractivity contribution is 0.0472. The Morgan fingerprint density at radius 2 is 1.68 bits per heavy atom. The molecule has 1 aromatic heterocycles. The van der Waals surface area contributed by atoms with Crippen molar-refractivity contribution in [1.82, 2.24) is 9.97 Å². The fourth-order valence-electron chi connectivity index (χ4n) is 2.17. The highest BCUT2D eigenvalue weighted by Gasteiger charge is 2.08. The number of hydrogen-bond acceptors (Lipinski definition) is 3. The number of carbonyl (C=O) groups is 1. The predicted octanol–water partition coefficient (Wildman–Crippen LogP) is 6.06. The van der Waals surface area contributed by atoms with Crippen molar-refractivity contribution < 1.29 is 9.53 Å². The second-order valence-corrected chi connectivity index (χ2v) is 6.00. The Labute approximate surface area is 176 Å². The molecule has 0 saturated carbocycles. The van der Waals surface area contributed by atoms with Crippen LogP contribution in [0, 0.1) is 0 Å². The van der Waals surface area contributed by atoms with Gasteiger partial charge >= 0.3 is 5.97 Å². The van der Waals surface area contributed by atoms with Crippen molar-refractivity contribution in [3.05, 3.63) is 101 Å². The highest BCUT2D eigenvalue weighted by molar-refractivity contribution is 6.30. The number of nitrogens with zero attached hydrogens (tertiary/aromatic N) is 1. The van der Waals surface area contributed by atoms with Crippen molar-refractivity contribution in [2.75, 3.05) is 6.38 Å². The number of H-pyrrole nitrogens is 1. The third kappa shape index (κ3) is 8.42. The van der Waals surface area contributed by atoms with E-state index in [1.807, 2.05) is 31.2 Å². The van der Waals surface area contributed by atoms with Gasteiger partial charge in [0.25, 0.3) is 0 Å². The van der Waals surface area contributed by atoms with Crippen molar-refractivity contribution in [2.24, 2.45) is 0 Å². The van der Waals surface area contributed by atoms with Crippen LogP contribution in [0.25, 0.3) is 0 Å². The first-order valence-electron chi connectivity index (χ1n) is 8.55. The molecule has 0 unspecified atom stereocenters. The highest BCUT2D eigenvalue weighted by Crippen LogP contribution is 2.13. The lowest BCUT2D eigenvalue weighted by Crippen LogP contribution is -2.05. The molecule has 0 bridgehead atoms.